The van der Waals surface area contributed by atoms with Crippen LogP contribution >= 0.6 is 0 Å². The van der Waals surface area contributed by atoms with E-state index in [1.54, 1.807) is 0 Å². The second-order valence-electron chi connectivity index (χ2n) is 5.86. The smallest absolute Gasteiger partial charge is 0.0693 e. The van der Waals surface area contributed by atoms with Crippen molar-refractivity contribution in [3.05, 3.63) is 0 Å². The first-order valence-corrected chi connectivity index (χ1v) is 6.61. The Morgan fingerprint density at radius 2 is 1.80 bits per heavy atom. The largest absolute Gasteiger partial charge is 0.392 e. The van der Waals surface area contributed by atoms with Crippen LogP contribution in [0.25, 0.3) is 0 Å². The molecule has 0 radical (unpaired) electrons. The molecule has 0 aromatic rings. The van der Waals surface area contributed by atoms with E-state index < -0.39 is 0 Å². The van der Waals surface area contributed by atoms with Crippen LogP contribution in [0.2, 0.25) is 0 Å². The standard InChI is InChI=1S/C13H25NO/c1-13(8-4-5-9-13)10-14-11-6-2-3-7-12(11)15/h11-12,14-15H,2-10H2,1H3/t11-,12-/m1/s1. The van der Waals surface area contributed by atoms with Crippen molar-refractivity contribution in [1.82, 2.24) is 5.32 Å². The molecular weight excluding hydrogens is 186 g/mol. The average Bonchev–Trinajstić information content (AvgIpc) is 2.65. The summed E-state index contributed by atoms with van der Waals surface area (Å²) in [4.78, 5) is 0. The van der Waals surface area contributed by atoms with Crippen molar-refractivity contribution in [3.8, 4) is 0 Å². The second-order valence-corrected chi connectivity index (χ2v) is 5.86. The molecular formula is C13H25NO. The summed E-state index contributed by atoms with van der Waals surface area (Å²) in [7, 11) is 0. The molecule has 2 aliphatic rings. The molecule has 0 heterocycles. The maximum absolute atomic E-state index is 9.86. The highest BCUT2D eigenvalue weighted by Gasteiger charge is 2.30. The van der Waals surface area contributed by atoms with Gasteiger partial charge in [0.1, 0.15) is 0 Å². The van der Waals surface area contributed by atoms with Crippen molar-refractivity contribution in [2.45, 2.75) is 70.4 Å². The summed E-state index contributed by atoms with van der Waals surface area (Å²) < 4.78 is 0. The Morgan fingerprint density at radius 1 is 1.13 bits per heavy atom. The molecule has 2 N–H and O–H groups in total. The van der Waals surface area contributed by atoms with Crippen molar-refractivity contribution in [3.63, 3.8) is 0 Å². The normalized spacial score (nSPS) is 35.6. The van der Waals surface area contributed by atoms with E-state index in [1.165, 1.54) is 38.5 Å². The minimum Gasteiger partial charge on any atom is -0.392 e. The first-order chi connectivity index (χ1) is 7.20. The van der Waals surface area contributed by atoms with Gasteiger partial charge >= 0.3 is 0 Å². The maximum Gasteiger partial charge on any atom is 0.0693 e. The van der Waals surface area contributed by atoms with Gasteiger partial charge in [-0.25, -0.2) is 0 Å². The van der Waals surface area contributed by atoms with Gasteiger partial charge in [0, 0.05) is 12.6 Å². The summed E-state index contributed by atoms with van der Waals surface area (Å²) in [5, 5.41) is 13.5. The molecule has 2 heteroatoms. The minimum absolute atomic E-state index is 0.0937. The Kier molecular flexibility index (Phi) is 3.68. The molecule has 2 nitrogen and oxygen atoms in total. The van der Waals surface area contributed by atoms with Crippen LogP contribution in [0.3, 0.4) is 0 Å². The molecule has 2 atom stereocenters. The van der Waals surface area contributed by atoms with Crippen molar-refractivity contribution in [2.75, 3.05) is 6.54 Å². The van der Waals surface area contributed by atoms with Gasteiger partial charge in [-0.2, -0.15) is 0 Å². The molecule has 0 unspecified atom stereocenters. The third-order valence-corrected chi connectivity index (χ3v) is 4.33. The minimum atomic E-state index is -0.0937. The second kappa shape index (κ2) is 4.84. The summed E-state index contributed by atoms with van der Waals surface area (Å²) in [6, 6.07) is 0.371. The lowest BCUT2D eigenvalue weighted by Gasteiger charge is -2.32. The van der Waals surface area contributed by atoms with E-state index in [-0.39, 0.29) is 6.10 Å². The van der Waals surface area contributed by atoms with E-state index in [9.17, 15) is 5.11 Å². The fourth-order valence-corrected chi connectivity index (χ4v) is 3.13. The predicted octanol–water partition coefficient (Wildman–Crippen LogP) is 2.46. The summed E-state index contributed by atoms with van der Waals surface area (Å²) in [5.74, 6) is 0. The first-order valence-electron chi connectivity index (χ1n) is 6.61. The number of hydrogen-bond acceptors (Lipinski definition) is 2. The molecule has 0 saturated heterocycles. The SMILES string of the molecule is CC1(CN[C@@H]2CCCC[C@H]2O)CCCC1. The van der Waals surface area contributed by atoms with Crippen LogP contribution in [-0.4, -0.2) is 23.8 Å². The fourth-order valence-electron chi connectivity index (χ4n) is 3.13. The van der Waals surface area contributed by atoms with E-state index in [1.807, 2.05) is 0 Å². The van der Waals surface area contributed by atoms with Crippen molar-refractivity contribution < 1.29 is 5.11 Å². The van der Waals surface area contributed by atoms with Gasteiger partial charge in [-0.15, -0.1) is 0 Å². The topological polar surface area (TPSA) is 32.3 Å². The zero-order valence-electron chi connectivity index (χ0n) is 9.97. The van der Waals surface area contributed by atoms with Crippen LogP contribution < -0.4 is 5.32 Å². The molecule has 2 rings (SSSR count). The number of aliphatic hydroxyl groups excluding tert-OH is 1. The molecule has 0 bridgehead atoms. The summed E-state index contributed by atoms with van der Waals surface area (Å²) in [6.07, 6.45) is 10.1. The molecule has 0 spiro atoms. The number of nitrogens with one attached hydrogen (secondary N) is 1. The average molecular weight is 211 g/mol. The monoisotopic (exact) mass is 211 g/mol. The molecule has 2 aliphatic carbocycles. The molecule has 88 valence electrons. The summed E-state index contributed by atoms with van der Waals surface area (Å²) in [6.45, 7) is 3.50. The molecule has 2 fully saturated rings. The molecule has 0 aromatic carbocycles. The van der Waals surface area contributed by atoms with Gasteiger partial charge in [0.2, 0.25) is 0 Å². The van der Waals surface area contributed by atoms with Gasteiger partial charge in [0.15, 0.2) is 0 Å². The van der Waals surface area contributed by atoms with Crippen molar-refractivity contribution in [2.24, 2.45) is 5.41 Å². The Bertz CT molecular complexity index is 199. The van der Waals surface area contributed by atoms with Crippen LogP contribution in [0.15, 0.2) is 0 Å². The van der Waals surface area contributed by atoms with Gasteiger partial charge in [0.25, 0.3) is 0 Å². The maximum atomic E-state index is 9.86. The van der Waals surface area contributed by atoms with Crippen LogP contribution in [0.4, 0.5) is 0 Å². The molecule has 15 heavy (non-hydrogen) atoms. The third-order valence-electron chi connectivity index (χ3n) is 4.33. The lowest BCUT2D eigenvalue weighted by Crippen LogP contribution is -2.45. The van der Waals surface area contributed by atoms with Gasteiger partial charge in [-0.3, -0.25) is 0 Å². The predicted molar refractivity (Wildman–Crippen MR) is 62.8 cm³/mol. The van der Waals surface area contributed by atoms with Crippen LogP contribution in [0, 0.1) is 5.41 Å². The van der Waals surface area contributed by atoms with Gasteiger partial charge in [-0.1, -0.05) is 32.6 Å². The number of aliphatic hydroxyl groups is 1. The van der Waals surface area contributed by atoms with E-state index >= 15 is 0 Å². The first kappa shape index (κ1) is 11.4. The quantitative estimate of drug-likeness (QED) is 0.751. The van der Waals surface area contributed by atoms with Crippen LogP contribution in [0.1, 0.15) is 58.3 Å². The highest BCUT2D eigenvalue weighted by atomic mass is 16.3. The highest BCUT2D eigenvalue weighted by molar-refractivity contribution is 4.87. The Morgan fingerprint density at radius 3 is 2.47 bits per heavy atom. The fraction of sp³-hybridized carbons (Fsp3) is 1.00. The summed E-state index contributed by atoms with van der Waals surface area (Å²) in [5.41, 5.74) is 0.511. The molecule has 0 amide bonds. The van der Waals surface area contributed by atoms with Gasteiger partial charge < -0.3 is 10.4 Å². The van der Waals surface area contributed by atoms with Crippen molar-refractivity contribution in [1.29, 1.82) is 0 Å². The van der Waals surface area contributed by atoms with Crippen LogP contribution in [-0.2, 0) is 0 Å². The van der Waals surface area contributed by atoms with Gasteiger partial charge in [-0.05, 0) is 31.1 Å². The zero-order chi connectivity index (χ0) is 10.7. The van der Waals surface area contributed by atoms with E-state index in [2.05, 4.69) is 12.2 Å². The molecule has 0 aromatic heterocycles. The Labute approximate surface area is 93.5 Å². The van der Waals surface area contributed by atoms with E-state index in [0.717, 1.165) is 19.4 Å². The van der Waals surface area contributed by atoms with E-state index in [0.29, 0.717) is 11.5 Å². The number of hydrogen-bond donors (Lipinski definition) is 2. The lowest BCUT2D eigenvalue weighted by atomic mass is 9.87. The van der Waals surface area contributed by atoms with Crippen LogP contribution in [0.5, 0.6) is 0 Å². The van der Waals surface area contributed by atoms with E-state index in [4.69, 9.17) is 0 Å². The highest BCUT2D eigenvalue weighted by Crippen LogP contribution is 2.37. The lowest BCUT2D eigenvalue weighted by molar-refractivity contribution is 0.0845. The Balaban J connectivity index is 1.76. The van der Waals surface area contributed by atoms with Crippen molar-refractivity contribution >= 4 is 0 Å². The summed E-state index contributed by atoms with van der Waals surface area (Å²) >= 11 is 0. The zero-order valence-corrected chi connectivity index (χ0v) is 9.97. The van der Waals surface area contributed by atoms with Gasteiger partial charge in [0.05, 0.1) is 6.10 Å². The molecule has 0 aliphatic heterocycles. The Hall–Kier alpha value is -0.0800. The number of rotatable bonds is 3. The third kappa shape index (κ3) is 2.94. The molecule has 2 saturated carbocycles.